The fourth-order valence-electron chi connectivity index (χ4n) is 3.80. The summed E-state index contributed by atoms with van der Waals surface area (Å²) >= 11 is 0. The number of nitrogens with one attached hydrogen (secondary N) is 1. The second-order valence-corrected chi connectivity index (χ2v) is 9.06. The fourth-order valence-corrected chi connectivity index (χ4v) is 3.80. The monoisotopic (exact) mass is 443 g/mol. The van der Waals surface area contributed by atoms with Gasteiger partial charge in [0.2, 0.25) is 5.89 Å². The summed E-state index contributed by atoms with van der Waals surface area (Å²) < 4.78 is 5.54. The van der Waals surface area contributed by atoms with Crippen LogP contribution in [0, 0.1) is 6.92 Å². The van der Waals surface area contributed by atoms with Gasteiger partial charge < -0.3 is 19.7 Å². The molecule has 1 amide bonds. The van der Waals surface area contributed by atoms with Crippen LogP contribution in [0.1, 0.15) is 41.4 Å². The van der Waals surface area contributed by atoms with E-state index >= 15 is 0 Å². The Morgan fingerprint density at radius 3 is 2.66 bits per heavy atom. The van der Waals surface area contributed by atoms with Crippen molar-refractivity contribution >= 4 is 5.91 Å². The summed E-state index contributed by atoms with van der Waals surface area (Å²) in [6.45, 7) is 12.3. The lowest BCUT2D eigenvalue weighted by Gasteiger charge is -2.35. The Morgan fingerprint density at radius 1 is 1.25 bits per heavy atom. The molecule has 1 unspecified atom stereocenters. The maximum absolute atomic E-state index is 12.4. The molecule has 2 N–H and O–H groups in total. The van der Waals surface area contributed by atoms with E-state index in [2.05, 4.69) is 44.9 Å². The van der Waals surface area contributed by atoms with E-state index in [4.69, 9.17) is 4.42 Å². The molecule has 1 aromatic carbocycles. The Morgan fingerprint density at radius 2 is 1.97 bits per heavy atom. The summed E-state index contributed by atoms with van der Waals surface area (Å²) in [5.74, 6) is 0.324. The molecule has 0 bridgehead atoms. The standard InChI is InChI=1S/C24H37N5O3/c1-18(2)27(4)14-21(30)15-28-8-10-29(11-9-28)16-23-26-22(17-32-23)24(31)25-13-20-7-5-6-19(3)12-20/h5-7,12,17-18,21,30H,8-11,13-16H2,1-4H3,(H,25,31). The fraction of sp³-hybridized carbons (Fsp3) is 0.583. The third-order valence-electron chi connectivity index (χ3n) is 5.99. The molecule has 3 rings (SSSR count). The number of nitrogens with zero attached hydrogens (tertiary/aromatic N) is 4. The van der Waals surface area contributed by atoms with Gasteiger partial charge in [0.05, 0.1) is 12.6 Å². The molecule has 1 aliphatic heterocycles. The number of hydrogen-bond acceptors (Lipinski definition) is 7. The molecule has 1 atom stereocenters. The zero-order valence-electron chi connectivity index (χ0n) is 19.8. The topological polar surface area (TPSA) is 85.1 Å². The smallest absolute Gasteiger partial charge is 0.273 e. The van der Waals surface area contributed by atoms with Gasteiger partial charge >= 0.3 is 0 Å². The number of aryl methyl sites for hydroxylation is 1. The van der Waals surface area contributed by atoms with E-state index in [1.165, 1.54) is 6.26 Å². The number of benzene rings is 1. The summed E-state index contributed by atoms with van der Waals surface area (Å²) in [5, 5.41) is 13.2. The van der Waals surface area contributed by atoms with Crippen molar-refractivity contribution in [1.82, 2.24) is 25.0 Å². The van der Waals surface area contributed by atoms with Crippen LogP contribution in [0.2, 0.25) is 0 Å². The average Bonchev–Trinajstić information content (AvgIpc) is 3.22. The van der Waals surface area contributed by atoms with Gasteiger partial charge in [-0.25, -0.2) is 4.98 Å². The van der Waals surface area contributed by atoms with Crippen LogP contribution in [0.5, 0.6) is 0 Å². The van der Waals surface area contributed by atoms with Gasteiger partial charge in [-0.05, 0) is 33.4 Å². The second-order valence-electron chi connectivity index (χ2n) is 9.06. The quantitative estimate of drug-likeness (QED) is 0.578. The minimum Gasteiger partial charge on any atom is -0.447 e. The van der Waals surface area contributed by atoms with E-state index in [-0.39, 0.29) is 12.0 Å². The van der Waals surface area contributed by atoms with Gasteiger partial charge in [-0.2, -0.15) is 0 Å². The number of hydrogen-bond donors (Lipinski definition) is 2. The first-order valence-electron chi connectivity index (χ1n) is 11.4. The van der Waals surface area contributed by atoms with Crippen molar-refractivity contribution in [3.63, 3.8) is 0 Å². The summed E-state index contributed by atoms with van der Waals surface area (Å²) in [4.78, 5) is 23.5. The molecule has 2 aromatic rings. The van der Waals surface area contributed by atoms with Gasteiger partial charge in [-0.15, -0.1) is 0 Å². The molecule has 0 saturated carbocycles. The number of rotatable bonds is 10. The Bertz CT molecular complexity index is 861. The van der Waals surface area contributed by atoms with Crippen molar-refractivity contribution in [1.29, 1.82) is 0 Å². The van der Waals surface area contributed by atoms with Crippen molar-refractivity contribution in [3.05, 3.63) is 53.2 Å². The van der Waals surface area contributed by atoms with E-state index in [9.17, 15) is 9.90 Å². The summed E-state index contributed by atoms with van der Waals surface area (Å²) in [6.07, 6.45) is 1.08. The van der Waals surface area contributed by atoms with E-state index in [0.717, 1.165) is 37.3 Å². The highest BCUT2D eigenvalue weighted by molar-refractivity contribution is 5.91. The second kappa shape index (κ2) is 11.6. The van der Waals surface area contributed by atoms with Crippen LogP contribution in [0.15, 0.2) is 34.9 Å². The van der Waals surface area contributed by atoms with Crippen molar-refractivity contribution in [2.45, 2.75) is 46.0 Å². The first kappa shape index (κ1) is 24.4. The molecule has 176 valence electrons. The molecule has 1 fully saturated rings. The van der Waals surface area contributed by atoms with Crippen molar-refractivity contribution in [3.8, 4) is 0 Å². The summed E-state index contributed by atoms with van der Waals surface area (Å²) in [7, 11) is 2.04. The number of carbonyl (C=O) groups excluding carboxylic acids is 1. The molecule has 1 aliphatic rings. The van der Waals surface area contributed by atoms with Gasteiger partial charge in [0.1, 0.15) is 6.26 Å². The number of piperazine rings is 1. The molecular weight excluding hydrogens is 406 g/mol. The number of oxazole rings is 1. The average molecular weight is 444 g/mol. The predicted octanol–water partition coefficient (Wildman–Crippen LogP) is 1.73. The third-order valence-corrected chi connectivity index (χ3v) is 5.99. The lowest BCUT2D eigenvalue weighted by Crippen LogP contribution is -2.49. The van der Waals surface area contributed by atoms with Crippen LogP contribution in [0.25, 0.3) is 0 Å². The highest BCUT2D eigenvalue weighted by atomic mass is 16.3. The number of β-amino-alcohol motifs (C(OH)–C–C–N with tert-alkyl or cyclic N) is 1. The molecule has 8 nitrogen and oxygen atoms in total. The zero-order chi connectivity index (χ0) is 23.1. The molecule has 32 heavy (non-hydrogen) atoms. The number of aliphatic hydroxyl groups excluding tert-OH is 1. The molecular formula is C24H37N5O3. The SMILES string of the molecule is Cc1cccc(CNC(=O)c2coc(CN3CCN(CC(O)CN(C)C(C)C)CC3)n2)c1. The van der Waals surface area contributed by atoms with E-state index in [0.29, 0.717) is 43.8 Å². The molecule has 0 spiro atoms. The van der Waals surface area contributed by atoms with E-state index in [1.54, 1.807) is 0 Å². The van der Waals surface area contributed by atoms with Gasteiger partial charge in [-0.3, -0.25) is 14.6 Å². The molecule has 8 heteroatoms. The lowest BCUT2D eigenvalue weighted by molar-refractivity contribution is 0.0469. The Labute approximate surface area is 191 Å². The predicted molar refractivity (Wildman–Crippen MR) is 124 cm³/mol. The maximum atomic E-state index is 12.4. The number of aromatic nitrogens is 1. The minimum atomic E-state index is -0.346. The number of amides is 1. The van der Waals surface area contributed by atoms with Crippen molar-refractivity contribution in [2.75, 3.05) is 46.3 Å². The first-order valence-corrected chi connectivity index (χ1v) is 11.4. The van der Waals surface area contributed by atoms with E-state index in [1.807, 2.05) is 32.2 Å². The Balaban J connectivity index is 1.40. The van der Waals surface area contributed by atoms with Crippen LogP contribution in [0.4, 0.5) is 0 Å². The summed E-state index contributed by atoms with van der Waals surface area (Å²) in [5.41, 5.74) is 2.53. The van der Waals surface area contributed by atoms with Gasteiger partial charge in [0.15, 0.2) is 5.69 Å². The minimum absolute atomic E-state index is 0.230. The van der Waals surface area contributed by atoms with Gasteiger partial charge in [-0.1, -0.05) is 29.8 Å². The van der Waals surface area contributed by atoms with Gasteiger partial charge in [0, 0.05) is 51.9 Å². The van der Waals surface area contributed by atoms with E-state index < -0.39 is 0 Å². The number of carbonyl (C=O) groups is 1. The highest BCUT2D eigenvalue weighted by Crippen LogP contribution is 2.11. The number of aliphatic hydroxyl groups is 1. The summed E-state index contributed by atoms with van der Waals surface area (Å²) in [6, 6.07) is 8.48. The van der Waals surface area contributed by atoms with Crippen LogP contribution in [-0.4, -0.2) is 89.2 Å². The number of likely N-dealkylation sites (N-methyl/N-ethyl adjacent to an activating group) is 1. The van der Waals surface area contributed by atoms with Crippen LogP contribution in [0.3, 0.4) is 0 Å². The normalized spacial score (nSPS) is 16.6. The van der Waals surface area contributed by atoms with Crippen molar-refractivity contribution in [2.24, 2.45) is 0 Å². The van der Waals surface area contributed by atoms with Crippen LogP contribution < -0.4 is 5.32 Å². The third kappa shape index (κ3) is 7.41. The maximum Gasteiger partial charge on any atom is 0.273 e. The molecule has 1 aromatic heterocycles. The molecule has 2 heterocycles. The van der Waals surface area contributed by atoms with Crippen LogP contribution in [-0.2, 0) is 13.1 Å². The molecule has 0 radical (unpaired) electrons. The zero-order valence-corrected chi connectivity index (χ0v) is 19.8. The van der Waals surface area contributed by atoms with Gasteiger partial charge in [0.25, 0.3) is 5.91 Å². The first-order chi connectivity index (χ1) is 15.3. The largest absolute Gasteiger partial charge is 0.447 e. The van der Waals surface area contributed by atoms with Crippen molar-refractivity contribution < 1.29 is 14.3 Å². The molecule has 1 saturated heterocycles. The van der Waals surface area contributed by atoms with Crippen LogP contribution >= 0.6 is 0 Å². The Kier molecular flexibility index (Phi) is 8.81. The Hall–Kier alpha value is -2.26. The highest BCUT2D eigenvalue weighted by Gasteiger charge is 2.22. The molecule has 0 aliphatic carbocycles. The lowest BCUT2D eigenvalue weighted by atomic mass is 10.1.